The lowest BCUT2D eigenvalue weighted by molar-refractivity contribution is 0.0215. The zero-order chi connectivity index (χ0) is 14.8. The van der Waals surface area contributed by atoms with E-state index in [0.29, 0.717) is 5.41 Å². The Labute approximate surface area is 125 Å². The van der Waals surface area contributed by atoms with Crippen molar-refractivity contribution in [1.82, 2.24) is 10.2 Å². The van der Waals surface area contributed by atoms with E-state index < -0.39 is 0 Å². The van der Waals surface area contributed by atoms with Crippen LogP contribution in [0.4, 0.5) is 0 Å². The van der Waals surface area contributed by atoms with Crippen molar-refractivity contribution in [2.45, 2.75) is 70.9 Å². The average molecular weight is 282 g/mol. The fraction of sp³-hybridized carbons (Fsp3) is 1.00. The summed E-state index contributed by atoms with van der Waals surface area (Å²) in [5.74, 6) is 0.726. The topological polar surface area (TPSA) is 35.5 Å². The van der Waals surface area contributed by atoms with Gasteiger partial charge in [-0.1, -0.05) is 12.8 Å². The molecule has 2 saturated carbocycles. The van der Waals surface area contributed by atoms with Gasteiger partial charge >= 0.3 is 0 Å². The van der Waals surface area contributed by atoms with E-state index in [1.54, 1.807) is 0 Å². The van der Waals surface area contributed by atoms with Crippen LogP contribution in [0.15, 0.2) is 0 Å². The van der Waals surface area contributed by atoms with Crippen LogP contribution in [0.5, 0.6) is 0 Å². The van der Waals surface area contributed by atoms with Gasteiger partial charge in [0.15, 0.2) is 0 Å². The lowest BCUT2D eigenvalue weighted by atomic mass is 9.81. The standard InChI is InChI=1S/C17H34N2O/c1-16(2,3)18-12-17(7-5-6-8-17)13-19(4)11-14-9-15(20)10-14/h14-15,18,20H,5-13H2,1-4H3. The van der Waals surface area contributed by atoms with Gasteiger partial charge in [-0.05, 0) is 64.8 Å². The lowest BCUT2D eigenvalue weighted by Crippen LogP contribution is -2.48. The first-order chi connectivity index (χ1) is 9.28. The number of nitrogens with zero attached hydrogens (tertiary/aromatic N) is 1. The quantitative estimate of drug-likeness (QED) is 0.786. The second-order valence-electron chi connectivity index (χ2n) is 8.50. The highest BCUT2D eigenvalue weighted by molar-refractivity contribution is 4.92. The summed E-state index contributed by atoms with van der Waals surface area (Å²) in [6.07, 6.45) is 7.52. The average Bonchev–Trinajstić information content (AvgIpc) is 2.73. The smallest absolute Gasteiger partial charge is 0.0546 e. The molecule has 0 saturated heterocycles. The van der Waals surface area contributed by atoms with Gasteiger partial charge in [-0.3, -0.25) is 0 Å². The number of rotatable bonds is 6. The van der Waals surface area contributed by atoms with Crippen molar-refractivity contribution < 1.29 is 5.11 Å². The first-order valence-electron chi connectivity index (χ1n) is 8.40. The van der Waals surface area contributed by atoms with Gasteiger partial charge in [-0.25, -0.2) is 0 Å². The van der Waals surface area contributed by atoms with Crippen LogP contribution in [-0.2, 0) is 0 Å². The van der Waals surface area contributed by atoms with Gasteiger partial charge in [0.1, 0.15) is 0 Å². The minimum absolute atomic E-state index is 0.0172. The second-order valence-corrected chi connectivity index (χ2v) is 8.50. The molecule has 0 aliphatic heterocycles. The molecular weight excluding hydrogens is 248 g/mol. The largest absolute Gasteiger partial charge is 0.393 e. The zero-order valence-electron chi connectivity index (χ0n) is 13.9. The third-order valence-electron chi connectivity index (χ3n) is 5.04. The van der Waals surface area contributed by atoms with Crippen LogP contribution < -0.4 is 5.32 Å². The van der Waals surface area contributed by atoms with E-state index >= 15 is 0 Å². The molecule has 0 aromatic rings. The highest BCUT2D eigenvalue weighted by Crippen LogP contribution is 2.39. The fourth-order valence-electron chi connectivity index (χ4n) is 3.90. The van der Waals surface area contributed by atoms with Crippen molar-refractivity contribution >= 4 is 0 Å². The van der Waals surface area contributed by atoms with Gasteiger partial charge in [0.25, 0.3) is 0 Å². The molecule has 0 radical (unpaired) electrons. The molecule has 0 spiro atoms. The van der Waals surface area contributed by atoms with Crippen molar-refractivity contribution in [3.8, 4) is 0 Å². The minimum Gasteiger partial charge on any atom is -0.393 e. The van der Waals surface area contributed by atoms with E-state index in [0.717, 1.165) is 31.8 Å². The predicted octanol–water partition coefficient (Wildman–Crippen LogP) is 2.64. The van der Waals surface area contributed by atoms with Gasteiger partial charge in [0, 0.05) is 25.2 Å². The summed E-state index contributed by atoms with van der Waals surface area (Å²) in [6.45, 7) is 10.3. The van der Waals surface area contributed by atoms with Crippen molar-refractivity contribution in [1.29, 1.82) is 0 Å². The van der Waals surface area contributed by atoms with Gasteiger partial charge < -0.3 is 15.3 Å². The molecule has 0 aromatic heterocycles. The van der Waals surface area contributed by atoms with Crippen LogP contribution in [0.1, 0.15) is 59.3 Å². The van der Waals surface area contributed by atoms with E-state index in [4.69, 9.17) is 0 Å². The zero-order valence-corrected chi connectivity index (χ0v) is 13.9. The van der Waals surface area contributed by atoms with Gasteiger partial charge in [0.2, 0.25) is 0 Å². The Morgan fingerprint density at radius 1 is 1.20 bits per heavy atom. The molecule has 3 heteroatoms. The highest BCUT2D eigenvalue weighted by Gasteiger charge is 2.36. The fourth-order valence-corrected chi connectivity index (χ4v) is 3.90. The van der Waals surface area contributed by atoms with Crippen LogP contribution >= 0.6 is 0 Å². The summed E-state index contributed by atoms with van der Waals surface area (Å²) in [6, 6.07) is 0. The molecule has 2 fully saturated rings. The second kappa shape index (κ2) is 6.33. The summed E-state index contributed by atoms with van der Waals surface area (Å²) >= 11 is 0. The molecule has 3 nitrogen and oxygen atoms in total. The third kappa shape index (κ3) is 4.71. The van der Waals surface area contributed by atoms with Crippen LogP contribution in [0.2, 0.25) is 0 Å². The van der Waals surface area contributed by atoms with E-state index in [1.165, 1.54) is 32.2 Å². The molecule has 0 unspecified atom stereocenters. The number of hydrogen-bond acceptors (Lipinski definition) is 3. The Bertz CT molecular complexity index is 299. The molecule has 2 N–H and O–H groups in total. The minimum atomic E-state index is -0.0172. The lowest BCUT2D eigenvalue weighted by Gasteiger charge is -2.40. The summed E-state index contributed by atoms with van der Waals surface area (Å²) in [7, 11) is 2.27. The summed E-state index contributed by atoms with van der Waals surface area (Å²) < 4.78 is 0. The summed E-state index contributed by atoms with van der Waals surface area (Å²) in [5, 5.41) is 13.1. The van der Waals surface area contributed by atoms with E-state index in [9.17, 15) is 5.11 Å². The molecule has 0 amide bonds. The SMILES string of the molecule is CN(CC1CC(O)C1)CC1(CNC(C)(C)C)CCCC1. The molecule has 20 heavy (non-hydrogen) atoms. The molecule has 0 bridgehead atoms. The van der Waals surface area contributed by atoms with Crippen molar-refractivity contribution in [3.63, 3.8) is 0 Å². The summed E-state index contributed by atoms with van der Waals surface area (Å²) in [5.41, 5.74) is 0.691. The van der Waals surface area contributed by atoms with Crippen molar-refractivity contribution in [2.75, 3.05) is 26.7 Å². The predicted molar refractivity (Wildman–Crippen MR) is 84.9 cm³/mol. The van der Waals surface area contributed by atoms with Crippen LogP contribution in [-0.4, -0.2) is 48.3 Å². The van der Waals surface area contributed by atoms with E-state index in [-0.39, 0.29) is 11.6 Å². The van der Waals surface area contributed by atoms with Gasteiger partial charge in [-0.15, -0.1) is 0 Å². The Kier molecular flexibility index (Phi) is 5.14. The molecular formula is C17H34N2O. The number of aliphatic hydroxyl groups excluding tert-OH is 1. The van der Waals surface area contributed by atoms with E-state index in [2.05, 4.69) is 38.0 Å². The molecule has 0 heterocycles. The molecule has 0 atom stereocenters. The Balaban J connectivity index is 1.81. The van der Waals surface area contributed by atoms with Crippen molar-refractivity contribution in [3.05, 3.63) is 0 Å². The molecule has 2 rings (SSSR count). The van der Waals surface area contributed by atoms with Crippen LogP contribution in [0.25, 0.3) is 0 Å². The normalized spacial score (nSPS) is 29.7. The number of hydrogen-bond donors (Lipinski definition) is 2. The monoisotopic (exact) mass is 282 g/mol. The maximum Gasteiger partial charge on any atom is 0.0546 e. The number of nitrogens with one attached hydrogen (secondary N) is 1. The van der Waals surface area contributed by atoms with Crippen molar-refractivity contribution in [2.24, 2.45) is 11.3 Å². The van der Waals surface area contributed by atoms with E-state index in [1.807, 2.05) is 0 Å². The third-order valence-corrected chi connectivity index (χ3v) is 5.04. The maximum atomic E-state index is 9.41. The Morgan fingerprint density at radius 3 is 2.30 bits per heavy atom. The summed E-state index contributed by atoms with van der Waals surface area (Å²) in [4.78, 5) is 2.52. The molecule has 118 valence electrons. The first kappa shape index (κ1) is 16.3. The van der Waals surface area contributed by atoms with Gasteiger partial charge in [0.05, 0.1) is 6.10 Å². The highest BCUT2D eigenvalue weighted by atomic mass is 16.3. The Hall–Kier alpha value is -0.120. The molecule has 0 aromatic carbocycles. The first-order valence-corrected chi connectivity index (χ1v) is 8.40. The number of aliphatic hydroxyl groups is 1. The molecule has 2 aliphatic rings. The van der Waals surface area contributed by atoms with Gasteiger partial charge in [-0.2, -0.15) is 0 Å². The Morgan fingerprint density at radius 2 is 1.80 bits per heavy atom. The van der Waals surface area contributed by atoms with Crippen LogP contribution in [0.3, 0.4) is 0 Å². The maximum absolute atomic E-state index is 9.41. The molecule has 2 aliphatic carbocycles. The van der Waals surface area contributed by atoms with Crippen LogP contribution in [0, 0.1) is 11.3 Å².